The van der Waals surface area contributed by atoms with Crippen LogP contribution in [0, 0.1) is 6.92 Å². The molecule has 1 aliphatic rings. The molecule has 1 N–H and O–H groups in total. The van der Waals surface area contributed by atoms with Gasteiger partial charge in [-0.25, -0.2) is 4.98 Å². The van der Waals surface area contributed by atoms with Crippen molar-refractivity contribution in [3.8, 4) is 11.4 Å². The molecule has 1 fully saturated rings. The van der Waals surface area contributed by atoms with E-state index in [2.05, 4.69) is 51.3 Å². The molecule has 2 heterocycles. The minimum Gasteiger partial charge on any atom is -0.379 e. The van der Waals surface area contributed by atoms with Crippen LogP contribution < -0.4 is 0 Å². The highest BCUT2D eigenvalue weighted by Crippen LogP contribution is 2.23. The molecule has 1 saturated heterocycles. The van der Waals surface area contributed by atoms with Gasteiger partial charge in [0.05, 0.1) is 13.2 Å². The predicted octanol–water partition coefficient (Wildman–Crippen LogP) is 2.17. The second kappa shape index (κ2) is 5.73. The predicted molar refractivity (Wildman–Crippen MR) is 77.4 cm³/mol. The van der Waals surface area contributed by atoms with E-state index in [0.29, 0.717) is 6.04 Å². The standard InChI is InChI=1S/C15H20N4O/c1-11(19-7-9-20-10-8-19)13-3-5-14(6-4-13)15-16-12(2)17-18-15/h3-6,11H,7-10H2,1-2H3,(H,16,17,18)/t11-/m0/s1. The van der Waals surface area contributed by atoms with Crippen molar-refractivity contribution < 1.29 is 4.74 Å². The molecule has 0 aliphatic carbocycles. The smallest absolute Gasteiger partial charge is 0.181 e. The number of aromatic amines is 1. The Morgan fingerprint density at radius 1 is 1.20 bits per heavy atom. The molecule has 1 aromatic heterocycles. The lowest BCUT2D eigenvalue weighted by Gasteiger charge is -2.32. The van der Waals surface area contributed by atoms with E-state index in [1.54, 1.807) is 0 Å². The summed E-state index contributed by atoms with van der Waals surface area (Å²) in [5.41, 5.74) is 2.37. The molecule has 3 rings (SSSR count). The Hall–Kier alpha value is -1.72. The van der Waals surface area contributed by atoms with Crippen molar-refractivity contribution in [3.63, 3.8) is 0 Å². The van der Waals surface area contributed by atoms with Crippen LogP contribution >= 0.6 is 0 Å². The van der Waals surface area contributed by atoms with Gasteiger partial charge in [-0.15, -0.1) is 0 Å². The topological polar surface area (TPSA) is 54.0 Å². The second-order valence-electron chi connectivity index (χ2n) is 5.19. The summed E-state index contributed by atoms with van der Waals surface area (Å²) in [6, 6.07) is 8.94. The van der Waals surface area contributed by atoms with E-state index in [4.69, 9.17) is 4.74 Å². The van der Waals surface area contributed by atoms with Crippen molar-refractivity contribution >= 4 is 0 Å². The van der Waals surface area contributed by atoms with Crippen LogP contribution in [0.4, 0.5) is 0 Å². The van der Waals surface area contributed by atoms with Gasteiger partial charge in [0.2, 0.25) is 0 Å². The maximum atomic E-state index is 5.40. The average molecular weight is 272 g/mol. The molecular formula is C15H20N4O. The number of hydrogen-bond acceptors (Lipinski definition) is 4. The molecular weight excluding hydrogens is 252 g/mol. The Labute approximate surface area is 119 Å². The number of morpholine rings is 1. The van der Waals surface area contributed by atoms with E-state index in [-0.39, 0.29) is 0 Å². The van der Waals surface area contributed by atoms with Crippen molar-refractivity contribution in [3.05, 3.63) is 35.7 Å². The first-order valence-electron chi connectivity index (χ1n) is 7.05. The fraction of sp³-hybridized carbons (Fsp3) is 0.467. The van der Waals surface area contributed by atoms with Crippen LogP contribution in [0.5, 0.6) is 0 Å². The van der Waals surface area contributed by atoms with Crippen molar-refractivity contribution in [1.82, 2.24) is 20.1 Å². The largest absolute Gasteiger partial charge is 0.379 e. The molecule has 1 atom stereocenters. The third-order valence-corrected chi connectivity index (χ3v) is 3.84. The molecule has 20 heavy (non-hydrogen) atoms. The van der Waals surface area contributed by atoms with E-state index in [1.807, 2.05) is 6.92 Å². The van der Waals surface area contributed by atoms with Gasteiger partial charge in [-0.2, -0.15) is 5.10 Å². The van der Waals surface area contributed by atoms with Crippen molar-refractivity contribution in [2.45, 2.75) is 19.9 Å². The van der Waals surface area contributed by atoms with Crippen LogP contribution in [-0.4, -0.2) is 46.4 Å². The summed E-state index contributed by atoms with van der Waals surface area (Å²) in [6.07, 6.45) is 0. The van der Waals surface area contributed by atoms with Gasteiger partial charge in [-0.05, 0) is 19.4 Å². The zero-order chi connectivity index (χ0) is 13.9. The molecule has 5 heteroatoms. The van der Waals surface area contributed by atoms with Crippen molar-refractivity contribution in [2.75, 3.05) is 26.3 Å². The summed E-state index contributed by atoms with van der Waals surface area (Å²) < 4.78 is 5.40. The molecule has 0 saturated carbocycles. The third-order valence-electron chi connectivity index (χ3n) is 3.84. The zero-order valence-electron chi connectivity index (χ0n) is 12.0. The van der Waals surface area contributed by atoms with Crippen LogP contribution in [-0.2, 0) is 4.74 Å². The van der Waals surface area contributed by atoms with E-state index in [0.717, 1.165) is 43.5 Å². The number of hydrogen-bond donors (Lipinski definition) is 1. The molecule has 1 aromatic carbocycles. The number of aromatic nitrogens is 3. The molecule has 0 amide bonds. The molecule has 1 aliphatic heterocycles. The van der Waals surface area contributed by atoms with Crippen LogP contribution in [0.25, 0.3) is 11.4 Å². The number of ether oxygens (including phenoxy) is 1. The quantitative estimate of drug-likeness (QED) is 0.930. The summed E-state index contributed by atoms with van der Waals surface area (Å²) in [7, 11) is 0. The molecule has 0 bridgehead atoms. The summed E-state index contributed by atoms with van der Waals surface area (Å²) in [5, 5.41) is 7.06. The third kappa shape index (κ3) is 2.73. The number of nitrogens with zero attached hydrogens (tertiary/aromatic N) is 3. The van der Waals surface area contributed by atoms with Gasteiger partial charge in [-0.1, -0.05) is 24.3 Å². The highest BCUT2D eigenvalue weighted by molar-refractivity contribution is 5.55. The van der Waals surface area contributed by atoms with Gasteiger partial charge in [0.1, 0.15) is 5.82 Å². The first-order chi connectivity index (χ1) is 9.74. The first-order valence-corrected chi connectivity index (χ1v) is 7.05. The maximum absolute atomic E-state index is 5.40. The lowest BCUT2D eigenvalue weighted by Crippen LogP contribution is -2.37. The first kappa shape index (κ1) is 13.3. The Balaban J connectivity index is 1.75. The van der Waals surface area contributed by atoms with Gasteiger partial charge >= 0.3 is 0 Å². The average Bonchev–Trinajstić information content (AvgIpc) is 2.94. The molecule has 0 spiro atoms. The van der Waals surface area contributed by atoms with E-state index >= 15 is 0 Å². The fourth-order valence-corrected chi connectivity index (χ4v) is 2.56. The molecule has 5 nitrogen and oxygen atoms in total. The van der Waals surface area contributed by atoms with Crippen molar-refractivity contribution in [2.24, 2.45) is 0 Å². The number of aryl methyl sites for hydroxylation is 1. The van der Waals surface area contributed by atoms with Crippen LogP contribution in [0.3, 0.4) is 0 Å². The maximum Gasteiger partial charge on any atom is 0.181 e. The van der Waals surface area contributed by atoms with Crippen molar-refractivity contribution in [1.29, 1.82) is 0 Å². The number of H-pyrrole nitrogens is 1. The molecule has 106 valence electrons. The fourth-order valence-electron chi connectivity index (χ4n) is 2.56. The summed E-state index contributed by atoms with van der Waals surface area (Å²) in [6.45, 7) is 7.83. The van der Waals surface area contributed by atoms with Gasteiger partial charge in [0.25, 0.3) is 0 Å². The molecule has 0 radical (unpaired) electrons. The Morgan fingerprint density at radius 3 is 2.50 bits per heavy atom. The van der Waals surface area contributed by atoms with Crippen LogP contribution in [0.1, 0.15) is 24.4 Å². The summed E-state index contributed by atoms with van der Waals surface area (Å²) in [5.74, 6) is 1.60. The second-order valence-corrected chi connectivity index (χ2v) is 5.19. The van der Waals surface area contributed by atoms with E-state index < -0.39 is 0 Å². The van der Waals surface area contributed by atoms with Gasteiger partial charge in [0.15, 0.2) is 5.82 Å². The van der Waals surface area contributed by atoms with Crippen LogP contribution in [0.15, 0.2) is 24.3 Å². The van der Waals surface area contributed by atoms with E-state index in [1.165, 1.54) is 5.56 Å². The highest BCUT2D eigenvalue weighted by Gasteiger charge is 2.18. The van der Waals surface area contributed by atoms with Gasteiger partial charge in [-0.3, -0.25) is 10.00 Å². The monoisotopic (exact) mass is 272 g/mol. The Morgan fingerprint density at radius 2 is 1.90 bits per heavy atom. The molecule has 0 unspecified atom stereocenters. The van der Waals surface area contributed by atoms with E-state index in [9.17, 15) is 0 Å². The minimum absolute atomic E-state index is 0.418. The summed E-state index contributed by atoms with van der Waals surface area (Å²) in [4.78, 5) is 6.81. The normalized spacial score (nSPS) is 18.1. The van der Waals surface area contributed by atoms with Crippen LogP contribution in [0.2, 0.25) is 0 Å². The zero-order valence-corrected chi connectivity index (χ0v) is 12.0. The lowest BCUT2D eigenvalue weighted by atomic mass is 10.0. The minimum atomic E-state index is 0.418. The Kier molecular flexibility index (Phi) is 3.80. The van der Waals surface area contributed by atoms with Gasteiger partial charge < -0.3 is 4.74 Å². The molecule has 2 aromatic rings. The lowest BCUT2D eigenvalue weighted by molar-refractivity contribution is 0.0198. The number of benzene rings is 1. The Bertz CT molecular complexity index is 558. The highest BCUT2D eigenvalue weighted by atomic mass is 16.5. The SMILES string of the molecule is Cc1nc(-c2ccc([C@H](C)N3CCOCC3)cc2)n[nH]1. The number of rotatable bonds is 3. The number of nitrogens with one attached hydrogen (secondary N) is 1. The summed E-state index contributed by atoms with van der Waals surface area (Å²) >= 11 is 0. The van der Waals surface area contributed by atoms with Gasteiger partial charge in [0, 0.05) is 24.7 Å².